The number of aromatic nitrogens is 1. The smallest absolute Gasteiger partial charge is 0.152 e. The minimum Gasteiger partial charge on any atom is -0.456 e. The van der Waals surface area contributed by atoms with Gasteiger partial charge in [-0.2, -0.15) is 0 Å². The maximum Gasteiger partial charge on any atom is 0.152 e. The van der Waals surface area contributed by atoms with E-state index in [-0.39, 0.29) is 0 Å². The Morgan fingerprint density at radius 3 is 2.40 bits per heavy atom. The summed E-state index contributed by atoms with van der Waals surface area (Å²) in [4.78, 5) is 9.06. The molecule has 0 atom stereocenters. The van der Waals surface area contributed by atoms with Crippen molar-refractivity contribution in [1.29, 1.82) is 0 Å². The molecule has 0 unspecified atom stereocenters. The van der Waals surface area contributed by atoms with Crippen molar-refractivity contribution in [1.82, 2.24) is 4.98 Å². The van der Waals surface area contributed by atoms with Crippen molar-refractivity contribution in [3.63, 3.8) is 0 Å². The lowest BCUT2D eigenvalue weighted by Gasteiger charge is -2.06. The lowest BCUT2D eigenvalue weighted by Crippen LogP contribution is -2.03. The molecule has 2 heterocycles. The summed E-state index contributed by atoms with van der Waals surface area (Å²) in [5, 5.41) is 1.85. The van der Waals surface area contributed by atoms with Crippen molar-refractivity contribution in [2.75, 3.05) is 0 Å². The molecule has 0 N–H and O–H groups in total. The third-order valence-electron chi connectivity index (χ3n) is 4.12. The molecule has 3 nitrogen and oxygen atoms in total. The van der Waals surface area contributed by atoms with Crippen molar-refractivity contribution < 1.29 is 4.42 Å². The van der Waals surface area contributed by atoms with Gasteiger partial charge in [0.05, 0.1) is 5.36 Å². The molecule has 0 fully saturated rings. The van der Waals surface area contributed by atoms with Crippen LogP contribution in [0.1, 0.15) is 11.1 Å². The van der Waals surface area contributed by atoms with Gasteiger partial charge >= 0.3 is 0 Å². The zero-order valence-electron chi connectivity index (χ0n) is 14.2. The topological polar surface area (TPSA) is 38.4 Å². The van der Waals surface area contributed by atoms with Gasteiger partial charge in [0.15, 0.2) is 5.82 Å². The van der Waals surface area contributed by atoms with Crippen molar-refractivity contribution >= 4 is 16.8 Å². The Balaban J connectivity index is 2.00. The van der Waals surface area contributed by atoms with Crippen LogP contribution in [0.5, 0.6) is 0 Å². The van der Waals surface area contributed by atoms with Gasteiger partial charge in [-0.05, 0) is 38.1 Å². The van der Waals surface area contributed by atoms with E-state index in [0.29, 0.717) is 5.82 Å². The Hall–Kier alpha value is -3.20. The van der Waals surface area contributed by atoms with Gasteiger partial charge in [-0.1, -0.05) is 47.5 Å². The lowest BCUT2D eigenvalue weighted by molar-refractivity contribution is 0.618. The molecule has 2 aromatic carbocycles. The van der Waals surface area contributed by atoms with Crippen LogP contribution in [-0.4, -0.2) is 4.98 Å². The van der Waals surface area contributed by atoms with Crippen LogP contribution in [0.25, 0.3) is 22.3 Å². The molecule has 0 amide bonds. The van der Waals surface area contributed by atoms with E-state index < -0.39 is 0 Å². The quantitative estimate of drug-likeness (QED) is 0.498. The van der Waals surface area contributed by atoms with Crippen molar-refractivity contribution in [3.8, 4) is 11.3 Å². The van der Waals surface area contributed by atoms with E-state index in [0.717, 1.165) is 27.7 Å². The number of benzene rings is 2. The van der Waals surface area contributed by atoms with Gasteiger partial charge in [0, 0.05) is 23.2 Å². The zero-order valence-corrected chi connectivity index (χ0v) is 14.2. The molecular weight excluding hydrogens is 308 g/mol. The monoisotopic (exact) mass is 326 g/mol. The van der Waals surface area contributed by atoms with Gasteiger partial charge in [-0.15, -0.1) is 0 Å². The highest BCUT2D eigenvalue weighted by Gasteiger charge is 2.06. The summed E-state index contributed by atoms with van der Waals surface area (Å²) in [6.07, 6.45) is 1.75. The maximum atomic E-state index is 6.14. The van der Waals surface area contributed by atoms with Gasteiger partial charge < -0.3 is 4.42 Å². The van der Waals surface area contributed by atoms with E-state index in [2.05, 4.69) is 55.2 Å². The van der Waals surface area contributed by atoms with Crippen LogP contribution < -0.4 is 5.36 Å². The van der Waals surface area contributed by atoms with Crippen molar-refractivity contribution in [3.05, 3.63) is 89.4 Å². The van der Waals surface area contributed by atoms with E-state index in [1.54, 1.807) is 6.20 Å². The first kappa shape index (κ1) is 15.3. The van der Waals surface area contributed by atoms with E-state index in [4.69, 9.17) is 9.41 Å². The van der Waals surface area contributed by atoms with Crippen LogP contribution in [0.15, 0.2) is 82.3 Å². The van der Waals surface area contributed by atoms with E-state index in [1.807, 2.05) is 30.3 Å². The molecule has 0 saturated heterocycles. The number of aryl methyl sites for hydroxylation is 2. The number of nitrogens with zero attached hydrogens (tertiary/aromatic N) is 2. The first-order chi connectivity index (χ1) is 12.2. The Kier molecular flexibility index (Phi) is 3.90. The fourth-order valence-corrected chi connectivity index (χ4v) is 2.78. The second kappa shape index (κ2) is 6.36. The second-order valence-electron chi connectivity index (χ2n) is 6.16. The number of hydrogen-bond acceptors (Lipinski definition) is 3. The summed E-state index contributed by atoms with van der Waals surface area (Å²) in [5.74, 6) is 1.48. The van der Waals surface area contributed by atoms with Crippen LogP contribution in [-0.2, 0) is 0 Å². The fourth-order valence-electron chi connectivity index (χ4n) is 2.78. The van der Waals surface area contributed by atoms with Crippen LogP contribution >= 0.6 is 0 Å². The van der Waals surface area contributed by atoms with Gasteiger partial charge in [-0.25, -0.2) is 9.98 Å². The van der Waals surface area contributed by atoms with Gasteiger partial charge in [0.1, 0.15) is 11.3 Å². The number of hydrogen-bond donors (Lipinski definition) is 0. The molecular formula is C22H18N2O. The first-order valence-corrected chi connectivity index (χ1v) is 8.26. The highest BCUT2D eigenvalue weighted by molar-refractivity contribution is 5.79. The van der Waals surface area contributed by atoms with Crippen molar-refractivity contribution in [2.24, 2.45) is 4.99 Å². The molecule has 2 aromatic heterocycles. The lowest BCUT2D eigenvalue weighted by atomic mass is 10.1. The molecule has 4 rings (SSSR count). The minimum atomic E-state index is 0.686. The number of pyridine rings is 1. The fraction of sp³-hybridized carbons (Fsp3) is 0.0909. The Labute approximate surface area is 146 Å². The Morgan fingerprint density at radius 1 is 0.840 bits per heavy atom. The summed E-state index contributed by atoms with van der Waals surface area (Å²) < 4.78 is 6.14. The van der Waals surface area contributed by atoms with Crippen LogP contribution in [0.4, 0.5) is 5.82 Å². The number of rotatable bonds is 2. The summed E-state index contributed by atoms with van der Waals surface area (Å²) in [7, 11) is 0. The SMILES string of the molecule is Cc1ccc(-c2cc(=Nc3ccccn3)c3cc(C)ccc3o2)cc1. The van der Waals surface area contributed by atoms with E-state index in [9.17, 15) is 0 Å². The molecule has 0 aliphatic carbocycles. The molecule has 4 aromatic rings. The van der Waals surface area contributed by atoms with Gasteiger partial charge in [0.25, 0.3) is 0 Å². The Bertz CT molecular complexity index is 1090. The summed E-state index contributed by atoms with van der Waals surface area (Å²) in [6.45, 7) is 4.14. The van der Waals surface area contributed by atoms with Crippen LogP contribution in [0, 0.1) is 13.8 Å². The number of fused-ring (bicyclic) bond motifs is 1. The average Bonchev–Trinajstić information content (AvgIpc) is 2.63. The van der Waals surface area contributed by atoms with E-state index >= 15 is 0 Å². The highest BCUT2D eigenvalue weighted by atomic mass is 16.3. The Morgan fingerprint density at radius 2 is 1.64 bits per heavy atom. The predicted molar refractivity (Wildman–Crippen MR) is 101 cm³/mol. The third-order valence-corrected chi connectivity index (χ3v) is 4.12. The molecule has 122 valence electrons. The summed E-state index contributed by atoms with van der Waals surface area (Å²) in [6, 6.07) is 22.2. The average molecular weight is 326 g/mol. The minimum absolute atomic E-state index is 0.686. The first-order valence-electron chi connectivity index (χ1n) is 8.26. The van der Waals surface area contributed by atoms with Crippen LogP contribution in [0.3, 0.4) is 0 Å². The molecule has 0 aliphatic heterocycles. The molecule has 0 radical (unpaired) electrons. The standard InChI is InChI=1S/C22H18N2O/c1-15-6-9-17(10-7-15)21-14-19(24-22-5-3-4-12-23-22)18-13-16(2)8-11-20(18)25-21/h3-14H,1-2H3. The molecule has 0 spiro atoms. The zero-order chi connectivity index (χ0) is 17.2. The highest BCUT2D eigenvalue weighted by Crippen LogP contribution is 2.23. The molecule has 0 aliphatic rings. The third kappa shape index (κ3) is 3.22. The molecule has 25 heavy (non-hydrogen) atoms. The second-order valence-corrected chi connectivity index (χ2v) is 6.16. The summed E-state index contributed by atoms with van der Waals surface area (Å²) >= 11 is 0. The van der Waals surface area contributed by atoms with Gasteiger partial charge in [0.2, 0.25) is 0 Å². The molecule has 0 bridgehead atoms. The largest absolute Gasteiger partial charge is 0.456 e. The normalized spacial score (nSPS) is 11.8. The molecule has 3 heteroatoms. The van der Waals surface area contributed by atoms with Crippen molar-refractivity contribution in [2.45, 2.75) is 13.8 Å². The van der Waals surface area contributed by atoms with E-state index in [1.165, 1.54) is 11.1 Å². The predicted octanol–water partition coefficient (Wildman–Crippen LogP) is 5.34. The maximum absolute atomic E-state index is 6.14. The summed E-state index contributed by atoms with van der Waals surface area (Å²) in [5.41, 5.74) is 4.24. The van der Waals surface area contributed by atoms with Crippen LogP contribution in [0.2, 0.25) is 0 Å². The van der Waals surface area contributed by atoms with Gasteiger partial charge in [-0.3, -0.25) is 0 Å². The molecule has 0 saturated carbocycles.